The Morgan fingerprint density at radius 3 is 2.54 bits per heavy atom. The van der Waals surface area contributed by atoms with Crippen LogP contribution in [0.4, 0.5) is 0 Å². The molecule has 6 heteroatoms. The molecule has 1 fully saturated rings. The summed E-state index contributed by atoms with van der Waals surface area (Å²) in [6, 6.07) is 13.8. The van der Waals surface area contributed by atoms with Crippen LogP contribution in [0.5, 0.6) is 5.75 Å². The number of nitrogens with one attached hydrogen (secondary N) is 1. The highest BCUT2D eigenvalue weighted by Gasteiger charge is 2.23. The van der Waals surface area contributed by atoms with Crippen LogP contribution in [0.15, 0.2) is 47.4 Å². The molecule has 1 unspecified atom stereocenters. The van der Waals surface area contributed by atoms with Gasteiger partial charge in [0.1, 0.15) is 5.75 Å². The minimum atomic E-state index is -0.128. The number of carbonyl (C=O) groups is 1. The summed E-state index contributed by atoms with van der Waals surface area (Å²) in [4.78, 5) is 16.3. The number of carbonyl (C=O) groups excluding carboxylic acids is 1. The number of amides is 1. The summed E-state index contributed by atoms with van der Waals surface area (Å²) >= 11 is 7.87. The van der Waals surface area contributed by atoms with Gasteiger partial charge < -0.3 is 10.1 Å². The van der Waals surface area contributed by atoms with E-state index in [2.05, 4.69) is 22.3 Å². The first-order valence-electron chi connectivity index (χ1n) is 9.62. The largest absolute Gasteiger partial charge is 0.497 e. The molecule has 1 aliphatic heterocycles. The van der Waals surface area contributed by atoms with Crippen molar-refractivity contribution in [3.8, 4) is 5.75 Å². The number of ether oxygens (including phenoxy) is 1. The van der Waals surface area contributed by atoms with Gasteiger partial charge in [-0.1, -0.05) is 30.2 Å². The highest BCUT2D eigenvalue weighted by Crippen LogP contribution is 2.27. The van der Waals surface area contributed by atoms with E-state index in [9.17, 15) is 4.79 Å². The lowest BCUT2D eigenvalue weighted by atomic mass is 10.0. The monoisotopic (exact) mass is 418 g/mol. The van der Waals surface area contributed by atoms with E-state index < -0.39 is 0 Å². The minimum absolute atomic E-state index is 0.128. The Morgan fingerprint density at radius 1 is 1.18 bits per heavy atom. The van der Waals surface area contributed by atoms with Crippen LogP contribution in [0.3, 0.4) is 0 Å². The SMILES string of the molecule is COc1ccc(C(CNC(=O)c2cc(SC)ccc2Cl)N2CCCCC2)cc1. The van der Waals surface area contributed by atoms with E-state index in [-0.39, 0.29) is 11.9 Å². The number of benzene rings is 2. The molecule has 28 heavy (non-hydrogen) atoms. The molecule has 2 aromatic carbocycles. The lowest BCUT2D eigenvalue weighted by Crippen LogP contribution is -2.40. The van der Waals surface area contributed by atoms with E-state index in [1.165, 1.54) is 24.8 Å². The van der Waals surface area contributed by atoms with Gasteiger partial charge in [-0.15, -0.1) is 11.8 Å². The number of rotatable bonds is 7. The molecule has 0 bridgehead atoms. The second-order valence-electron chi connectivity index (χ2n) is 6.94. The number of hydrogen-bond acceptors (Lipinski definition) is 4. The predicted molar refractivity (Wildman–Crippen MR) is 117 cm³/mol. The Morgan fingerprint density at radius 2 is 1.89 bits per heavy atom. The van der Waals surface area contributed by atoms with E-state index in [0.29, 0.717) is 17.1 Å². The Labute approximate surface area is 176 Å². The average Bonchev–Trinajstić information content (AvgIpc) is 2.75. The molecule has 1 atom stereocenters. The van der Waals surface area contributed by atoms with Gasteiger partial charge in [-0.25, -0.2) is 0 Å². The molecule has 3 rings (SSSR count). The Kier molecular flexibility index (Phi) is 7.65. The second kappa shape index (κ2) is 10.2. The zero-order valence-corrected chi connectivity index (χ0v) is 18.0. The van der Waals surface area contributed by atoms with Gasteiger partial charge in [0.05, 0.1) is 23.7 Å². The predicted octanol–water partition coefficient (Wildman–Crippen LogP) is 5.03. The number of halogens is 1. The fraction of sp³-hybridized carbons (Fsp3) is 0.409. The third-order valence-electron chi connectivity index (χ3n) is 5.21. The van der Waals surface area contributed by atoms with Crippen molar-refractivity contribution in [3.05, 3.63) is 58.6 Å². The van der Waals surface area contributed by atoms with Crippen LogP contribution < -0.4 is 10.1 Å². The van der Waals surface area contributed by atoms with Gasteiger partial charge in [0.25, 0.3) is 5.91 Å². The zero-order valence-electron chi connectivity index (χ0n) is 16.4. The summed E-state index contributed by atoms with van der Waals surface area (Å²) in [6.45, 7) is 2.65. The van der Waals surface area contributed by atoms with Crippen LogP contribution in [0, 0.1) is 0 Å². The average molecular weight is 419 g/mol. The van der Waals surface area contributed by atoms with Crippen molar-refractivity contribution in [3.63, 3.8) is 0 Å². The van der Waals surface area contributed by atoms with Crippen molar-refractivity contribution in [2.75, 3.05) is 33.0 Å². The molecule has 1 N–H and O–H groups in total. The summed E-state index contributed by atoms with van der Waals surface area (Å²) in [7, 11) is 1.67. The fourth-order valence-electron chi connectivity index (χ4n) is 3.60. The lowest BCUT2D eigenvalue weighted by molar-refractivity contribution is 0.0924. The van der Waals surface area contributed by atoms with Gasteiger partial charge in [-0.2, -0.15) is 0 Å². The Bertz CT molecular complexity index is 792. The van der Waals surface area contributed by atoms with Crippen LogP contribution in [0.1, 0.15) is 41.2 Å². The molecule has 150 valence electrons. The molecule has 0 spiro atoms. The molecule has 4 nitrogen and oxygen atoms in total. The van der Waals surface area contributed by atoms with Crippen molar-refractivity contribution in [2.24, 2.45) is 0 Å². The van der Waals surface area contributed by atoms with Gasteiger partial charge in [0.2, 0.25) is 0 Å². The van der Waals surface area contributed by atoms with Crippen LogP contribution in [0.25, 0.3) is 0 Å². The van der Waals surface area contributed by atoms with Gasteiger partial charge in [0, 0.05) is 11.4 Å². The Hall–Kier alpha value is -1.69. The number of nitrogens with zero attached hydrogens (tertiary/aromatic N) is 1. The molecule has 1 saturated heterocycles. The summed E-state index contributed by atoms with van der Waals surface area (Å²) in [5.41, 5.74) is 1.72. The molecule has 1 amide bonds. The van der Waals surface area contributed by atoms with E-state index in [1.54, 1.807) is 24.9 Å². The summed E-state index contributed by atoms with van der Waals surface area (Å²) < 4.78 is 5.29. The van der Waals surface area contributed by atoms with Crippen molar-refractivity contribution in [1.82, 2.24) is 10.2 Å². The van der Waals surface area contributed by atoms with Crippen LogP contribution in [-0.4, -0.2) is 43.8 Å². The highest BCUT2D eigenvalue weighted by molar-refractivity contribution is 7.98. The lowest BCUT2D eigenvalue weighted by Gasteiger charge is -2.35. The van der Waals surface area contributed by atoms with Crippen molar-refractivity contribution in [1.29, 1.82) is 0 Å². The maximum absolute atomic E-state index is 12.8. The quantitative estimate of drug-likeness (QED) is 0.640. The van der Waals surface area contributed by atoms with Crippen molar-refractivity contribution in [2.45, 2.75) is 30.2 Å². The number of methoxy groups -OCH3 is 1. The van der Waals surface area contributed by atoms with E-state index in [1.807, 2.05) is 30.5 Å². The van der Waals surface area contributed by atoms with E-state index in [0.717, 1.165) is 23.7 Å². The van der Waals surface area contributed by atoms with E-state index >= 15 is 0 Å². The first-order valence-corrected chi connectivity index (χ1v) is 11.2. The third kappa shape index (κ3) is 5.22. The highest BCUT2D eigenvalue weighted by atomic mass is 35.5. The molecule has 0 radical (unpaired) electrons. The molecular weight excluding hydrogens is 392 g/mol. The van der Waals surface area contributed by atoms with Gasteiger partial charge in [0.15, 0.2) is 0 Å². The second-order valence-corrected chi connectivity index (χ2v) is 8.23. The number of hydrogen-bond donors (Lipinski definition) is 1. The molecule has 2 aromatic rings. The van der Waals surface area contributed by atoms with Crippen molar-refractivity contribution >= 4 is 29.3 Å². The fourth-order valence-corrected chi connectivity index (χ4v) is 4.25. The molecular formula is C22H27ClN2O2S. The van der Waals surface area contributed by atoms with Crippen LogP contribution >= 0.6 is 23.4 Å². The van der Waals surface area contributed by atoms with Gasteiger partial charge >= 0.3 is 0 Å². The standard InChI is InChI=1S/C22H27ClN2O2S/c1-27-17-8-6-16(7-9-17)21(25-12-4-3-5-13-25)15-24-22(26)19-14-18(28-2)10-11-20(19)23/h6-11,14,21H,3-5,12-13,15H2,1-2H3,(H,24,26). The zero-order chi connectivity index (χ0) is 19.9. The molecule has 0 aromatic heterocycles. The maximum atomic E-state index is 12.8. The normalized spacial score (nSPS) is 15.8. The van der Waals surface area contributed by atoms with Gasteiger partial charge in [-0.05, 0) is 68.1 Å². The number of piperidine rings is 1. The van der Waals surface area contributed by atoms with Crippen LogP contribution in [0.2, 0.25) is 5.02 Å². The number of thioether (sulfide) groups is 1. The first kappa shape index (κ1) is 21.0. The minimum Gasteiger partial charge on any atom is -0.497 e. The maximum Gasteiger partial charge on any atom is 0.252 e. The van der Waals surface area contributed by atoms with Crippen LogP contribution in [-0.2, 0) is 0 Å². The summed E-state index contributed by atoms with van der Waals surface area (Å²) in [6.07, 6.45) is 5.65. The van der Waals surface area contributed by atoms with Gasteiger partial charge in [-0.3, -0.25) is 9.69 Å². The summed E-state index contributed by atoms with van der Waals surface area (Å²) in [5, 5.41) is 3.59. The van der Waals surface area contributed by atoms with Crippen molar-refractivity contribution < 1.29 is 9.53 Å². The number of likely N-dealkylation sites (tertiary alicyclic amines) is 1. The summed E-state index contributed by atoms with van der Waals surface area (Å²) in [5.74, 6) is 0.710. The first-order chi connectivity index (χ1) is 13.6. The molecule has 1 aliphatic rings. The molecule has 1 heterocycles. The third-order valence-corrected chi connectivity index (χ3v) is 6.26. The smallest absolute Gasteiger partial charge is 0.252 e. The Balaban J connectivity index is 1.76. The molecule has 0 aliphatic carbocycles. The molecule has 0 saturated carbocycles. The topological polar surface area (TPSA) is 41.6 Å². The van der Waals surface area contributed by atoms with E-state index in [4.69, 9.17) is 16.3 Å².